The second-order valence-electron chi connectivity index (χ2n) is 15.1. The number of aromatic nitrogens is 4. The van der Waals surface area contributed by atoms with Crippen molar-refractivity contribution in [2.24, 2.45) is 15.8 Å². The molecule has 0 radical (unpaired) electrons. The molecule has 1 spiro atoms. The maximum Gasteiger partial charge on any atom is 0.319 e. The minimum Gasteiger partial charge on any atom is -0.480 e. The number of likely N-dealkylation sites (tertiary alicyclic amines) is 1. The van der Waals surface area contributed by atoms with E-state index < -0.39 is 16.6 Å². The number of H-pyrrole nitrogens is 1. The van der Waals surface area contributed by atoms with Crippen LogP contribution in [0.5, 0.6) is 6.01 Å². The summed E-state index contributed by atoms with van der Waals surface area (Å²) >= 11 is 6.78. The molecule has 2 aliphatic heterocycles. The van der Waals surface area contributed by atoms with Crippen LogP contribution in [0.3, 0.4) is 0 Å². The van der Waals surface area contributed by atoms with Gasteiger partial charge in [0.1, 0.15) is 23.1 Å². The van der Waals surface area contributed by atoms with Crippen molar-refractivity contribution in [1.29, 1.82) is 0 Å². The number of fused-ring (bicyclic) bond motifs is 2. The van der Waals surface area contributed by atoms with E-state index in [1.165, 1.54) is 7.11 Å². The van der Waals surface area contributed by atoms with Crippen LogP contribution >= 0.6 is 11.6 Å². The van der Waals surface area contributed by atoms with Crippen LogP contribution in [-0.4, -0.2) is 105 Å². The Balaban J connectivity index is 0.00000236. The summed E-state index contributed by atoms with van der Waals surface area (Å²) in [5, 5.41) is 19.0. The molecule has 4 fully saturated rings. The predicted octanol–water partition coefficient (Wildman–Crippen LogP) is 5.11. The molecule has 3 aromatic rings. The molecule has 290 valence electrons. The minimum absolute atomic E-state index is 0.0337. The Labute approximate surface area is 317 Å². The SMILES string of the molecule is C=N/C(OC)=c1/c(N(CO)CCCC)nc(OCC23CCCC2N(C2CC4(C2)CS(=O)C4)CCC3)n/c1=C(\F)Cc1c(Cl)c(C)cc2[nH]ncc12.CF. The highest BCUT2D eigenvalue weighted by molar-refractivity contribution is 7.86. The van der Waals surface area contributed by atoms with Crippen LogP contribution in [0.4, 0.5) is 14.6 Å². The summed E-state index contributed by atoms with van der Waals surface area (Å²) in [4.78, 5) is 18.0. The third kappa shape index (κ3) is 7.57. The molecular weight excluding hydrogens is 724 g/mol. The molecule has 2 atom stereocenters. The Kier molecular flexibility index (Phi) is 12.4. The van der Waals surface area contributed by atoms with E-state index in [9.17, 15) is 13.7 Å². The molecule has 4 aliphatic rings. The van der Waals surface area contributed by atoms with Gasteiger partial charge in [0.2, 0.25) is 5.88 Å². The maximum absolute atomic E-state index is 17.0. The highest BCUT2D eigenvalue weighted by Crippen LogP contribution is 2.55. The lowest BCUT2D eigenvalue weighted by atomic mass is 9.64. The van der Waals surface area contributed by atoms with Crippen LogP contribution in [0.1, 0.15) is 75.8 Å². The maximum atomic E-state index is 17.0. The fraction of sp³-hybridized carbons (Fsp3) is 0.632. The Morgan fingerprint density at radius 2 is 2.02 bits per heavy atom. The van der Waals surface area contributed by atoms with Gasteiger partial charge in [0.05, 0.1) is 32.6 Å². The first-order valence-corrected chi connectivity index (χ1v) is 20.4. The van der Waals surface area contributed by atoms with Crippen LogP contribution in [0.25, 0.3) is 22.6 Å². The fourth-order valence-electron chi connectivity index (χ4n) is 9.28. The highest BCUT2D eigenvalue weighted by atomic mass is 35.5. The average Bonchev–Trinajstić information content (AvgIpc) is 3.80. The van der Waals surface area contributed by atoms with E-state index in [0.717, 1.165) is 86.9 Å². The van der Waals surface area contributed by atoms with Gasteiger partial charge in [0.15, 0.2) is 5.82 Å². The quantitative estimate of drug-likeness (QED) is 0.180. The Bertz CT molecular complexity index is 1950. The number of methoxy groups -OCH3 is 1. The van der Waals surface area contributed by atoms with Gasteiger partial charge in [-0.05, 0) is 87.7 Å². The van der Waals surface area contributed by atoms with E-state index in [1.807, 2.05) is 13.0 Å². The summed E-state index contributed by atoms with van der Waals surface area (Å²) in [6, 6.07) is 2.84. The molecule has 0 bridgehead atoms. The third-order valence-corrected chi connectivity index (χ3v) is 14.2. The summed E-state index contributed by atoms with van der Waals surface area (Å²) in [5.41, 5.74) is 2.35. The molecule has 2 saturated heterocycles. The van der Waals surface area contributed by atoms with Gasteiger partial charge in [-0.15, -0.1) is 0 Å². The number of nitrogens with zero attached hydrogens (tertiary/aromatic N) is 6. The standard InChI is InChI=1S/C37H49ClFN7O4S.CH3F/c1-5-6-12-45(22-47)33-30(34(40-3)49-4)32(27(39)15-25-26-18-41-44-28(26)14-23(2)31(25)38)42-35(43-33)50-19-37-10-7-9-29(37)46(13-8-11-37)24-16-36(17-24)20-51(48)21-36;1-2/h14,18,24,29,47H,3,5-13,15-17,19-22H2,1-2,4H3,(H,41,44);1H3/b32-27-,34-30-;. The molecule has 0 amide bonds. The molecule has 2 saturated carbocycles. The van der Waals surface area contributed by atoms with Crippen molar-refractivity contribution in [3.8, 4) is 6.01 Å². The van der Waals surface area contributed by atoms with Crippen molar-refractivity contribution >= 4 is 57.5 Å². The van der Waals surface area contributed by atoms with Gasteiger partial charge in [-0.1, -0.05) is 31.4 Å². The summed E-state index contributed by atoms with van der Waals surface area (Å²) < 4.78 is 50.6. The van der Waals surface area contributed by atoms with E-state index in [1.54, 1.807) is 11.1 Å². The van der Waals surface area contributed by atoms with Gasteiger partial charge >= 0.3 is 6.01 Å². The number of aromatic amines is 1. The number of aliphatic hydroxyl groups is 1. The normalized spacial score (nSPS) is 27.6. The van der Waals surface area contributed by atoms with E-state index in [2.05, 4.69) is 33.7 Å². The zero-order chi connectivity index (χ0) is 37.9. The van der Waals surface area contributed by atoms with Gasteiger partial charge in [0.25, 0.3) is 0 Å². The van der Waals surface area contributed by atoms with E-state index in [0.29, 0.717) is 53.8 Å². The number of nitrogens with one attached hydrogen (secondary N) is 1. The minimum atomic E-state index is -0.636. The van der Waals surface area contributed by atoms with Crippen LogP contribution in [-0.2, 0) is 22.0 Å². The lowest BCUT2D eigenvalue weighted by molar-refractivity contribution is -0.0720. The van der Waals surface area contributed by atoms with Gasteiger partial charge in [-0.3, -0.25) is 18.6 Å². The summed E-state index contributed by atoms with van der Waals surface area (Å²) in [5.74, 6) is 1.43. The summed E-state index contributed by atoms with van der Waals surface area (Å²) in [7, 11) is 1.30. The largest absolute Gasteiger partial charge is 0.480 e. The zero-order valence-corrected chi connectivity index (χ0v) is 32.8. The van der Waals surface area contributed by atoms with Crippen molar-refractivity contribution in [2.45, 2.75) is 90.1 Å². The number of halogens is 3. The fourth-order valence-corrected chi connectivity index (χ4v) is 11.3. The lowest BCUT2D eigenvalue weighted by Gasteiger charge is -2.60. The zero-order valence-electron chi connectivity index (χ0n) is 31.2. The molecule has 2 N–H and O–H groups in total. The number of ether oxygens (including phenoxy) is 2. The number of rotatable bonds is 13. The Hall–Kier alpha value is -3.20. The first-order valence-electron chi connectivity index (χ1n) is 18.5. The first kappa shape index (κ1) is 39.5. The first-order chi connectivity index (χ1) is 25.6. The molecule has 11 nitrogen and oxygen atoms in total. The third-order valence-electron chi connectivity index (χ3n) is 11.8. The molecule has 2 aliphatic carbocycles. The van der Waals surface area contributed by atoms with Crippen molar-refractivity contribution < 1.29 is 27.6 Å². The van der Waals surface area contributed by atoms with Crippen molar-refractivity contribution in [3.05, 3.63) is 39.0 Å². The molecule has 2 aromatic heterocycles. The van der Waals surface area contributed by atoms with Crippen LogP contribution in [0.2, 0.25) is 5.02 Å². The smallest absolute Gasteiger partial charge is 0.319 e. The number of anilines is 1. The van der Waals surface area contributed by atoms with Gasteiger partial charge < -0.3 is 19.5 Å². The predicted molar refractivity (Wildman–Crippen MR) is 207 cm³/mol. The van der Waals surface area contributed by atoms with Gasteiger partial charge in [-0.25, -0.2) is 9.38 Å². The Morgan fingerprint density at radius 3 is 2.70 bits per heavy atom. The number of aliphatic hydroxyl groups excluding tert-OH is 1. The molecule has 4 heterocycles. The summed E-state index contributed by atoms with van der Waals surface area (Å²) in [6.07, 6.45) is 10.8. The van der Waals surface area contributed by atoms with E-state index in [4.69, 9.17) is 31.0 Å². The van der Waals surface area contributed by atoms with Crippen molar-refractivity contribution in [2.75, 3.05) is 57.1 Å². The van der Waals surface area contributed by atoms with Crippen molar-refractivity contribution in [3.63, 3.8) is 0 Å². The second-order valence-corrected chi connectivity index (χ2v) is 16.9. The van der Waals surface area contributed by atoms with Gasteiger partial charge in [0, 0.05) is 63.2 Å². The molecule has 15 heteroatoms. The molecular formula is C38H52ClF2N7O4S. The number of benzene rings is 1. The lowest BCUT2D eigenvalue weighted by Crippen LogP contribution is -2.65. The van der Waals surface area contributed by atoms with Crippen LogP contribution < -0.4 is 20.2 Å². The van der Waals surface area contributed by atoms with Gasteiger partial charge in [-0.2, -0.15) is 15.1 Å². The van der Waals surface area contributed by atoms with Crippen LogP contribution in [0, 0.1) is 17.8 Å². The number of alkyl halides is 1. The molecule has 1 aromatic carbocycles. The van der Waals surface area contributed by atoms with Crippen LogP contribution in [0.15, 0.2) is 17.3 Å². The highest BCUT2D eigenvalue weighted by Gasteiger charge is 2.58. The Morgan fingerprint density at radius 1 is 1.26 bits per heavy atom. The number of piperidine rings is 1. The van der Waals surface area contributed by atoms with Crippen molar-refractivity contribution in [1.82, 2.24) is 25.1 Å². The number of unbranched alkanes of at least 4 members (excludes halogenated alkanes) is 1. The number of hydrogen-bond donors (Lipinski definition) is 2. The average molecular weight is 776 g/mol. The monoisotopic (exact) mass is 775 g/mol. The number of hydrogen-bond acceptors (Lipinski definition) is 10. The van der Waals surface area contributed by atoms with E-state index in [-0.39, 0.29) is 46.8 Å². The molecule has 2 unspecified atom stereocenters. The van der Waals surface area contributed by atoms with E-state index >= 15 is 4.39 Å². The number of aryl methyl sites for hydroxylation is 1. The molecule has 53 heavy (non-hydrogen) atoms. The summed E-state index contributed by atoms with van der Waals surface area (Å²) in [6.45, 7) is 9.20. The number of aliphatic imine (C=N–C) groups is 1. The second kappa shape index (κ2) is 16.7. The topological polar surface area (TPSA) is 129 Å². The molecule has 7 rings (SSSR count).